The number of hydrogen-bond acceptors (Lipinski definition) is 3. The van der Waals surface area contributed by atoms with Crippen LogP contribution >= 0.6 is 0 Å². The van der Waals surface area contributed by atoms with E-state index < -0.39 is 0 Å². The molecule has 4 aromatic rings. The molecule has 0 spiro atoms. The zero-order valence-corrected chi connectivity index (χ0v) is 19.1. The van der Waals surface area contributed by atoms with Crippen LogP contribution in [0, 0.1) is 13.8 Å². The normalized spacial score (nSPS) is 11.4. The Labute approximate surface area is 188 Å². The summed E-state index contributed by atoms with van der Waals surface area (Å²) in [6, 6.07) is 17.2. The van der Waals surface area contributed by atoms with Gasteiger partial charge in [0.1, 0.15) is 11.6 Å². The lowest BCUT2D eigenvalue weighted by atomic mass is 10.1. The Kier molecular flexibility index (Phi) is 6.42. The second-order valence-electron chi connectivity index (χ2n) is 8.28. The number of ether oxygens (including phenoxy) is 1. The Hall–Kier alpha value is -3.38. The van der Waals surface area contributed by atoms with E-state index in [1.54, 1.807) is 0 Å². The van der Waals surface area contributed by atoms with Gasteiger partial charge >= 0.3 is 0 Å². The van der Waals surface area contributed by atoms with Crippen LogP contribution in [0.3, 0.4) is 0 Å². The largest absolute Gasteiger partial charge is 0.379 e. The number of H-pyrrole nitrogens is 1. The van der Waals surface area contributed by atoms with E-state index in [0.29, 0.717) is 12.2 Å². The van der Waals surface area contributed by atoms with Crippen LogP contribution in [0.2, 0.25) is 0 Å². The Bertz CT molecular complexity index is 1190. The molecule has 0 aliphatic carbocycles. The molecule has 0 fully saturated rings. The van der Waals surface area contributed by atoms with Gasteiger partial charge in [-0.2, -0.15) is 0 Å². The average Bonchev–Trinajstić information content (AvgIpc) is 3.31. The maximum atomic E-state index is 13.1. The van der Waals surface area contributed by atoms with E-state index in [0.717, 1.165) is 52.5 Å². The third kappa shape index (κ3) is 4.46. The Balaban J connectivity index is 1.75. The van der Waals surface area contributed by atoms with Gasteiger partial charge < -0.3 is 19.6 Å². The number of carbonyl (C=O) groups excluding carboxylic acids is 1. The number of amides is 1. The first kappa shape index (κ1) is 21.8. The standard InChI is InChI=1S/C26H30N4O2/c1-17(2)32-16-10-15-30-19(4)18(3)23(24-27-21-13-8-9-14-22(21)28-24)25(30)29-26(31)20-11-6-5-7-12-20/h5-9,11-14,17H,10,15-16H2,1-4H3,(H,27,28)(H,29,31). The van der Waals surface area contributed by atoms with Gasteiger partial charge in [-0.1, -0.05) is 30.3 Å². The number of hydrogen-bond donors (Lipinski definition) is 2. The van der Waals surface area contributed by atoms with Gasteiger partial charge in [0.2, 0.25) is 0 Å². The highest BCUT2D eigenvalue weighted by atomic mass is 16.5. The van der Waals surface area contributed by atoms with Gasteiger partial charge in [-0.3, -0.25) is 4.79 Å². The fourth-order valence-corrected chi connectivity index (χ4v) is 3.94. The topological polar surface area (TPSA) is 71.9 Å². The van der Waals surface area contributed by atoms with Crippen LogP contribution in [0.5, 0.6) is 0 Å². The number of anilines is 1. The van der Waals surface area contributed by atoms with Gasteiger partial charge in [0.05, 0.1) is 22.7 Å². The molecule has 0 saturated carbocycles. The van der Waals surface area contributed by atoms with Crippen molar-refractivity contribution in [1.29, 1.82) is 0 Å². The van der Waals surface area contributed by atoms with Crippen molar-refractivity contribution < 1.29 is 9.53 Å². The summed E-state index contributed by atoms with van der Waals surface area (Å²) in [5, 5.41) is 3.17. The number of aromatic nitrogens is 3. The number of nitrogens with one attached hydrogen (secondary N) is 2. The molecule has 32 heavy (non-hydrogen) atoms. The summed E-state index contributed by atoms with van der Waals surface area (Å²) in [6.45, 7) is 9.65. The maximum Gasteiger partial charge on any atom is 0.256 e. The lowest BCUT2D eigenvalue weighted by molar-refractivity contribution is 0.0749. The molecular formula is C26H30N4O2. The SMILES string of the molecule is Cc1c(-c2nc3ccccc3[nH]2)c(NC(=O)c2ccccc2)n(CCCOC(C)C)c1C. The van der Waals surface area contributed by atoms with Crippen molar-refractivity contribution in [3.63, 3.8) is 0 Å². The highest BCUT2D eigenvalue weighted by molar-refractivity contribution is 6.06. The summed E-state index contributed by atoms with van der Waals surface area (Å²) >= 11 is 0. The first-order valence-corrected chi connectivity index (χ1v) is 11.1. The second kappa shape index (κ2) is 9.40. The Morgan fingerprint density at radius 3 is 2.53 bits per heavy atom. The summed E-state index contributed by atoms with van der Waals surface area (Å²) in [7, 11) is 0. The van der Waals surface area contributed by atoms with Crippen LogP contribution in [-0.4, -0.2) is 33.2 Å². The number of rotatable bonds is 8. The number of fused-ring (bicyclic) bond motifs is 1. The molecule has 0 bridgehead atoms. The first-order valence-electron chi connectivity index (χ1n) is 11.1. The summed E-state index contributed by atoms with van der Waals surface area (Å²) in [4.78, 5) is 21.3. The van der Waals surface area contributed by atoms with Crippen molar-refractivity contribution in [2.24, 2.45) is 0 Å². The van der Waals surface area contributed by atoms with Crippen LogP contribution in [-0.2, 0) is 11.3 Å². The molecule has 6 heteroatoms. The number of nitrogens with zero attached hydrogens (tertiary/aromatic N) is 2. The van der Waals surface area contributed by atoms with Crippen molar-refractivity contribution in [1.82, 2.24) is 14.5 Å². The molecule has 2 aromatic carbocycles. The molecule has 0 atom stereocenters. The zero-order valence-electron chi connectivity index (χ0n) is 19.1. The maximum absolute atomic E-state index is 13.1. The van der Waals surface area contributed by atoms with Crippen LogP contribution in [0.15, 0.2) is 54.6 Å². The number of imidazole rings is 1. The van der Waals surface area contributed by atoms with Crippen molar-refractivity contribution in [3.8, 4) is 11.4 Å². The molecule has 2 heterocycles. The number of aromatic amines is 1. The van der Waals surface area contributed by atoms with E-state index in [9.17, 15) is 4.79 Å². The molecule has 166 valence electrons. The highest BCUT2D eigenvalue weighted by Gasteiger charge is 2.23. The molecule has 4 rings (SSSR count). The number of benzene rings is 2. The van der Waals surface area contributed by atoms with E-state index in [2.05, 4.69) is 28.7 Å². The molecule has 0 saturated heterocycles. The summed E-state index contributed by atoms with van der Waals surface area (Å²) < 4.78 is 7.91. The van der Waals surface area contributed by atoms with E-state index in [-0.39, 0.29) is 12.0 Å². The molecule has 6 nitrogen and oxygen atoms in total. The predicted octanol–water partition coefficient (Wildman–Crippen LogP) is 5.72. The summed E-state index contributed by atoms with van der Waals surface area (Å²) in [6.07, 6.45) is 1.05. The summed E-state index contributed by atoms with van der Waals surface area (Å²) in [5.41, 5.74) is 5.61. The Morgan fingerprint density at radius 1 is 1.09 bits per heavy atom. The lowest BCUT2D eigenvalue weighted by Gasteiger charge is -2.15. The smallest absolute Gasteiger partial charge is 0.256 e. The van der Waals surface area contributed by atoms with Crippen LogP contribution in [0.25, 0.3) is 22.4 Å². The minimum atomic E-state index is -0.139. The third-order valence-electron chi connectivity index (χ3n) is 5.70. The van der Waals surface area contributed by atoms with Gasteiger partial charge in [-0.05, 0) is 63.9 Å². The summed E-state index contributed by atoms with van der Waals surface area (Å²) in [5.74, 6) is 1.38. The average molecular weight is 431 g/mol. The first-order chi connectivity index (χ1) is 15.5. The van der Waals surface area contributed by atoms with Crippen molar-refractivity contribution in [2.75, 3.05) is 11.9 Å². The molecule has 0 radical (unpaired) electrons. The molecule has 0 unspecified atom stereocenters. The lowest BCUT2D eigenvalue weighted by Crippen LogP contribution is -2.17. The number of carbonyl (C=O) groups is 1. The minimum Gasteiger partial charge on any atom is -0.379 e. The zero-order chi connectivity index (χ0) is 22.7. The third-order valence-corrected chi connectivity index (χ3v) is 5.70. The molecule has 2 aromatic heterocycles. The van der Waals surface area contributed by atoms with E-state index >= 15 is 0 Å². The van der Waals surface area contributed by atoms with Gasteiger partial charge in [0.25, 0.3) is 5.91 Å². The van der Waals surface area contributed by atoms with E-state index in [1.165, 1.54) is 0 Å². The monoisotopic (exact) mass is 430 g/mol. The highest BCUT2D eigenvalue weighted by Crippen LogP contribution is 2.36. The van der Waals surface area contributed by atoms with Crippen molar-refractivity contribution in [3.05, 3.63) is 71.4 Å². The Morgan fingerprint density at radius 2 is 1.81 bits per heavy atom. The molecular weight excluding hydrogens is 400 g/mol. The van der Waals surface area contributed by atoms with Crippen LogP contribution in [0.4, 0.5) is 5.82 Å². The molecule has 0 aliphatic heterocycles. The molecule has 1 amide bonds. The van der Waals surface area contributed by atoms with Crippen LogP contribution in [0.1, 0.15) is 41.9 Å². The van der Waals surface area contributed by atoms with Gasteiger partial charge in [0, 0.05) is 24.4 Å². The fraction of sp³-hybridized carbons (Fsp3) is 0.308. The second-order valence-corrected chi connectivity index (χ2v) is 8.28. The van der Waals surface area contributed by atoms with Gasteiger partial charge in [0.15, 0.2) is 0 Å². The van der Waals surface area contributed by atoms with Crippen LogP contribution < -0.4 is 5.32 Å². The van der Waals surface area contributed by atoms with E-state index in [4.69, 9.17) is 9.72 Å². The quantitative estimate of drug-likeness (QED) is 0.351. The van der Waals surface area contributed by atoms with Gasteiger partial charge in [-0.15, -0.1) is 0 Å². The fourth-order valence-electron chi connectivity index (χ4n) is 3.94. The van der Waals surface area contributed by atoms with Crippen molar-refractivity contribution in [2.45, 2.75) is 46.8 Å². The molecule has 0 aliphatic rings. The molecule has 2 N–H and O–H groups in total. The predicted molar refractivity (Wildman–Crippen MR) is 129 cm³/mol. The van der Waals surface area contributed by atoms with Gasteiger partial charge in [-0.25, -0.2) is 4.98 Å². The van der Waals surface area contributed by atoms with Crippen molar-refractivity contribution >= 4 is 22.8 Å². The minimum absolute atomic E-state index is 0.139. The van der Waals surface area contributed by atoms with E-state index in [1.807, 2.05) is 68.4 Å². The number of para-hydroxylation sites is 2.